The number of hydrogen-bond acceptors (Lipinski definition) is 4. The highest BCUT2D eigenvalue weighted by Crippen LogP contribution is 2.22. The van der Waals surface area contributed by atoms with Crippen LogP contribution in [-0.4, -0.2) is 27.0 Å². The standard InChI is InChI=1S/C18H19F3N2O4S/c1-4-27-15-8-5-12(9-10(15)2)28(25,26)23-11(3)18(24)22-14-7-6-13(19)16(20)17(14)21/h5-9,11,23H,4H2,1-3H3,(H,22,24). The first kappa shape index (κ1) is 21.7. The molecule has 28 heavy (non-hydrogen) atoms. The van der Waals surface area contributed by atoms with E-state index in [0.29, 0.717) is 24.0 Å². The van der Waals surface area contributed by atoms with Crippen LogP contribution in [0.15, 0.2) is 35.2 Å². The lowest BCUT2D eigenvalue weighted by Gasteiger charge is -2.16. The maximum Gasteiger partial charge on any atom is 0.242 e. The Balaban J connectivity index is 2.14. The van der Waals surface area contributed by atoms with Crippen molar-refractivity contribution in [3.63, 3.8) is 0 Å². The summed E-state index contributed by atoms with van der Waals surface area (Å²) in [6.07, 6.45) is 0. The van der Waals surface area contributed by atoms with Gasteiger partial charge in [0.2, 0.25) is 15.9 Å². The summed E-state index contributed by atoms with van der Waals surface area (Å²) in [6, 6.07) is 4.36. The molecule has 0 bridgehead atoms. The summed E-state index contributed by atoms with van der Waals surface area (Å²) in [5.74, 6) is -5.14. The monoisotopic (exact) mass is 416 g/mol. The van der Waals surface area contributed by atoms with Crippen molar-refractivity contribution in [2.75, 3.05) is 11.9 Å². The highest BCUT2D eigenvalue weighted by molar-refractivity contribution is 7.89. The van der Waals surface area contributed by atoms with Crippen LogP contribution < -0.4 is 14.8 Å². The minimum Gasteiger partial charge on any atom is -0.494 e. The molecule has 6 nitrogen and oxygen atoms in total. The fraction of sp³-hybridized carbons (Fsp3) is 0.278. The largest absolute Gasteiger partial charge is 0.494 e. The molecule has 0 radical (unpaired) electrons. The van der Waals surface area contributed by atoms with Crippen LogP contribution in [0.4, 0.5) is 18.9 Å². The highest BCUT2D eigenvalue weighted by atomic mass is 32.2. The van der Waals surface area contributed by atoms with Crippen molar-refractivity contribution in [1.82, 2.24) is 4.72 Å². The fourth-order valence-electron chi connectivity index (χ4n) is 2.32. The van der Waals surface area contributed by atoms with Gasteiger partial charge in [0.1, 0.15) is 5.75 Å². The van der Waals surface area contributed by atoms with Crippen LogP contribution in [0.1, 0.15) is 19.4 Å². The van der Waals surface area contributed by atoms with E-state index < -0.39 is 45.1 Å². The van der Waals surface area contributed by atoms with E-state index in [9.17, 15) is 26.4 Å². The first-order valence-corrected chi connectivity index (χ1v) is 9.75. The third kappa shape index (κ3) is 4.82. The van der Waals surface area contributed by atoms with E-state index in [1.165, 1.54) is 25.1 Å². The Morgan fingerprint density at radius 3 is 2.43 bits per heavy atom. The third-order valence-electron chi connectivity index (χ3n) is 3.77. The number of carbonyl (C=O) groups excluding carboxylic acids is 1. The summed E-state index contributed by atoms with van der Waals surface area (Å²) < 4.78 is 72.3. The molecule has 0 aliphatic heterocycles. The summed E-state index contributed by atoms with van der Waals surface area (Å²) in [4.78, 5) is 12.0. The van der Waals surface area contributed by atoms with Gasteiger partial charge in [0.25, 0.3) is 0 Å². The van der Waals surface area contributed by atoms with Gasteiger partial charge in [-0.1, -0.05) is 0 Å². The molecular formula is C18H19F3N2O4S. The van der Waals surface area contributed by atoms with Crippen LogP contribution in [0, 0.1) is 24.4 Å². The summed E-state index contributed by atoms with van der Waals surface area (Å²) in [5.41, 5.74) is -0.0162. The smallest absolute Gasteiger partial charge is 0.242 e. The van der Waals surface area contributed by atoms with E-state index in [1.807, 2.05) is 5.32 Å². The maximum atomic E-state index is 13.7. The van der Waals surface area contributed by atoms with Crippen molar-refractivity contribution in [2.24, 2.45) is 0 Å². The topological polar surface area (TPSA) is 84.5 Å². The van der Waals surface area contributed by atoms with Gasteiger partial charge in [-0.3, -0.25) is 4.79 Å². The van der Waals surface area contributed by atoms with Gasteiger partial charge in [-0.2, -0.15) is 4.72 Å². The second kappa shape index (κ2) is 8.61. The number of ether oxygens (including phenoxy) is 1. The number of anilines is 1. The minimum absolute atomic E-state index is 0.0906. The van der Waals surface area contributed by atoms with Crippen molar-refractivity contribution in [1.29, 1.82) is 0 Å². The SMILES string of the molecule is CCOc1ccc(S(=O)(=O)NC(C)C(=O)Nc2ccc(F)c(F)c2F)cc1C. The van der Waals surface area contributed by atoms with Gasteiger partial charge in [-0.25, -0.2) is 21.6 Å². The van der Waals surface area contributed by atoms with E-state index >= 15 is 0 Å². The number of nitrogens with one attached hydrogen (secondary N) is 2. The Hall–Kier alpha value is -2.59. The molecule has 1 unspecified atom stereocenters. The number of amides is 1. The van der Waals surface area contributed by atoms with Gasteiger partial charge in [-0.05, 0) is 56.7 Å². The van der Waals surface area contributed by atoms with Crippen molar-refractivity contribution < 1.29 is 31.1 Å². The van der Waals surface area contributed by atoms with Crippen molar-refractivity contribution >= 4 is 21.6 Å². The van der Waals surface area contributed by atoms with E-state index in [1.54, 1.807) is 13.8 Å². The molecule has 0 fully saturated rings. The zero-order valence-electron chi connectivity index (χ0n) is 15.3. The number of benzene rings is 2. The Morgan fingerprint density at radius 2 is 1.82 bits per heavy atom. The third-order valence-corrected chi connectivity index (χ3v) is 5.31. The predicted octanol–water partition coefficient (Wildman–Crippen LogP) is 3.12. The molecule has 152 valence electrons. The fourth-order valence-corrected chi connectivity index (χ4v) is 3.61. The number of carbonyl (C=O) groups is 1. The molecule has 0 heterocycles. The Morgan fingerprint density at radius 1 is 1.14 bits per heavy atom. The van der Waals surface area contributed by atoms with Crippen LogP contribution in [0.2, 0.25) is 0 Å². The lowest BCUT2D eigenvalue weighted by atomic mass is 10.2. The summed E-state index contributed by atoms with van der Waals surface area (Å²) >= 11 is 0. The summed E-state index contributed by atoms with van der Waals surface area (Å²) in [6.45, 7) is 5.11. The normalized spacial score (nSPS) is 12.5. The van der Waals surface area contributed by atoms with Gasteiger partial charge >= 0.3 is 0 Å². The number of aryl methyl sites for hydroxylation is 1. The van der Waals surface area contributed by atoms with Crippen LogP contribution in [0.5, 0.6) is 5.75 Å². The highest BCUT2D eigenvalue weighted by Gasteiger charge is 2.24. The minimum atomic E-state index is -4.07. The van der Waals surface area contributed by atoms with Gasteiger partial charge in [0.15, 0.2) is 17.5 Å². The summed E-state index contributed by atoms with van der Waals surface area (Å²) in [5, 5.41) is 2.02. The molecular weight excluding hydrogens is 397 g/mol. The first-order chi connectivity index (χ1) is 13.1. The number of sulfonamides is 1. The maximum absolute atomic E-state index is 13.7. The molecule has 2 rings (SSSR count). The van der Waals surface area contributed by atoms with Crippen molar-refractivity contribution in [2.45, 2.75) is 31.7 Å². The lowest BCUT2D eigenvalue weighted by Crippen LogP contribution is -2.41. The lowest BCUT2D eigenvalue weighted by molar-refractivity contribution is -0.117. The molecule has 2 N–H and O–H groups in total. The summed E-state index contributed by atoms with van der Waals surface area (Å²) in [7, 11) is -4.07. The predicted molar refractivity (Wildman–Crippen MR) is 97.1 cm³/mol. The van der Waals surface area contributed by atoms with Crippen molar-refractivity contribution in [3.8, 4) is 5.75 Å². The van der Waals surface area contributed by atoms with Gasteiger partial charge < -0.3 is 10.1 Å². The van der Waals surface area contributed by atoms with Crippen LogP contribution >= 0.6 is 0 Å². The van der Waals surface area contributed by atoms with E-state index in [-0.39, 0.29) is 4.90 Å². The average molecular weight is 416 g/mol. The van der Waals surface area contributed by atoms with E-state index in [0.717, 1.165) is 6.07 Å². The van der Waals surface area contributed by atoms with Crippen LogP contribution in [0.25, 0.3) is 0 Å². The van der Waals surface area contributed by atoms with E-state index in [4.69, 9.17) is 4.74 Å². The second-order valence-corrected chi connectivity index (χ2v) is 7.63. The quantitative estimate of drug-likeness (QED) is 0.680. The molecule has 0 aromatic heterocycles. The molecule has 2 aromatic carbocycles. The molecule has 0 spiro atoms. The molecule has 10 heteroatoms. The average Bonchev–Trinajstić information content (AvgIpc) is 2.63. The molecule has 0 saturated heterocycles. The molecule has 0 aliphatic carbocycles. The Bertz CT molecular complexity index is 997. The Labute approximate surface area is 160 Å². The van der Waals surface area contributed by atoms with Crippen LogP contribution in [-0.2, 0) is 14.8 Å². The van der Waals surface area contributed by atoms with Crippen molar-refractivity contribution in [3.05, 3.63) is 53.3 Å². The van der Waals surface area contributed by atoms with Crippen LogP contribution in [0.3, 0.4) is 0 Å². The van der Waals surface area contributed by atoms with Gasteiger partial charge in [-0.15, -0.1) is 0 Å². The number of halogens is 3. The zero-order chi connectivity index (χ0) is 21.1. The Kier molecular flexibility index (Phi) is 6.68. The number of hydrogen-bond donors (Lipinski definition) is 2. The molecule has 1 atom stereocenters. The second-order valence-electron chi connectivity index (χ2n) is 5.92. The van der Waals surface area contributed by atoms with E-state index in [2.05, 4.69) is 4.72 Å². The van der Waals surface area contributed by atoms with Gasteiger partial charge in [0.05, 0.1) is 23.2 Å². The number of rotatable bonds is 7. The molecule has 2 aromatic rings. The molecule has 1 amide bonds. The van der Waals surface area contributed by atoms with Gasteiger partial charge in [0, 0.05) is 0 Å². The zero-order valence-corrected chi connectivity index (χ0v) is 16.2. The molecule has 0 aliphatic rings. The first-order valence-electron chi connectivity index (χ1n) is 8.27. The molecule has 0 saturated carbocycles.